The number of rotatable bonds is 2. The second kappa shape index (κ2) is 6.46. The summed E-state index contributed by atoms with van der Waals surface area (Å²) in [5.74, 6) is 0.0850. The van der Waals surface area contributed by atoms with Crippen molar-refractivity contribution in [2.45, 2.75) is 27.2 Å². The fourth-order valence-corrected chi connectivity index (χ4v) is 0.987. The van der Waals surface area contributed by atoms with Crippen molar-refractivity contribution in [2.24, 2.45) is 0 Å². The maximum absolute atomic E-state index is 13.1. The number of hydrogen-bond donors (Lipinski definition) is 0. The van der Waals surface area contributed by atoms with Gasteiger partial charge in [0.15, 0.2) is 11.6 Å². The van der Waals surface area contributed by atoms with Gasteiger partial charge in [0.2, 0.25) is 0 Å². The van der Waals surface area contributed by atoms with Gasteiger partial charge in [-0.2, -0.15) is 0 Å². The molecule has 0 fully saturated rings. The Kier molecular flexibility index (Phi) is 5.94. The molecule has 0 amide bonds. The fraction of sp³-hybridized carbons (Fsp3) is 0.455. The van der Waals surface area contributed by atoms with Crippen LogP contribution in [0.25, 0.3) is 0 Å². The van der Waals surface area contributed by atoms with Gasteiger partial charge in [0.25, 0.3) is 0 Å². The molecule has 0 spiro atoms. The average Bonchev–Trinajstić information content (AvgIpc) is 2.21. The third kappa shape index (κ3) is 3.05. The maximum atomic E-state index is 13.1. The van der Waals surface area contributed by atoms with Crippen LogP contribution in [0.5, 0.6) is 5.75 Å². The predicted molar refractivity (Wildman–Crippen MR) is 53.7 cm³/mol. The average molecular weight is 184 g/mol. The zero-order valence-electron chi connectivity index (χ0n) is 8.73. The van der Waals surface area contributed by atoms with Crippen LogP contribution in [0.4, 0.5) is 4.39 Å². The number of halogens is 1. The molecule has 0 unspecified atom stereocenters. The van der Waals surface area contributed by atoms with Crippen molar-refractivity contribution in [3.8, 4) is 5.75 Å². The van der Waals surface area contributed by atoms with E-state index < -0.39 is 0 Å². The molecule has 1 rings (SSSR count). The second-order valence-corrected chi connectivity index (χ2v) is 2.29. The minimum atomic E-state index is -0.238. The molecule has 1 aromatic rings. The summed E-state index contributed by atoms with van der Waals surface area (Å²) in [5.41, 5.74) is 0.698. The van der Waals surface area contributed by atoms with E-state index in [1.807, 2.05) is 20.8 Å². The minimum absolute atomic E-state index is 0.238. The van der Waals surface area contributed by atoms with E-state index in [9.17, 15) is 4.39 Å². The Morgan fingerprint density at radius 2 is 1.92 bits per heavy atom. The van der Waals surface area contributed by atoms with Crippen molar-refractivity contribution in [1.29, 1.82) is 0 Å². The SMILES string of the molecule is CC.CCc1cccc(OC)c1F. The van der Waals surface area contributed by atoms with E-state index >= 15 is 0 Å². The van der Waals surface area contributed by atoms with Crippen LogP contribution in [0.15, 0.2) is 18.2 Å². The van der Waals surface area contributed by atoms with Crippen LogP contribution in [0.3, 0.4) is 0 Å². The van der Waals surface area contributed by atoms with Gasteiger partial charge >= 0.3 is 0 Å². The lowest BCUT2D eigenvalue weighted by molar-refractivity contribution is 0.384. The van der Waals surface area contributed by atoms with E-state index in [4.69, 9.17) is 4.74 Å². The Morgan fingerprint density at radius 1 is 1.31 bits per heavy atom. The summed E-state index contributed by atoms with van der Waals surface area (Å²) in [4.78, 5) is 0. The molecule has 0 aliphatic carbocycles. The first-order valence-electron chi connectivity index (χ1n) is 4.61. The zero-order chi connectivity index (χ0) is 10.3. The molecule has 2 heteroatoms. The van der Waals surface area contributed by atoms with Crippen LogP contribution in [0.2, 0.25) is 0 Å². The Morgan fingerprint density at radius 3 is 2.38 bits per heavy atom. The Labute approximate surface area is 79.5 Å². The van der Waals surface area contributed by atoms with Crippen LogP contribution in [-0.4, -0.2) is 7.11 Å². The Hall–Kier alpha value is -1.05. The number of aryl methyl sites for hydroxylation is 1. The highest BCUT2D eigenvalue weighted by atomic mass is 19.1. The summed E-state index contributed by atoms with van der Waals surface area (Å²) in [6.07, 6.45) is 0.697. The minimum Gasteiger partial charge on any atom is -0.494 e. The number of methoxy groups -OCH3 is 1. The standard InChI is InChI=1S/C9H11FO.C2H6/c1-3-7-5-4-6-8(11-2)9(7)10;1-2/h4-6H,3H2,1-2H3;1-2H3. The van der Waals surface area contributed by atoms with Gasteiger partial charge in [0, 0.05) is 0 Å². The molecule has 13 heavy (non-hydrogen) atoms. The Bertz CT molecular complexity index is 224. The van der Waals surface area contributed by atoms with Crippen molar-refractivity contribution in [1.82, 2.24) is 0 Å². The van der Waals surface area contributed by atoms with Crippen LogP contribution in [-0.2, 0) is 6.42 Å². The van der Waals surface area contributed by atoms with Gasteiger partial charge in [-0.15, -0.1) is 0 Å². The lowest BCUT2D eigenvalue weighted by Gasteiger charge is -2.04. The summed E-state index contributed by atoms with van der Waals surface area (Å²) in [6, 6.07) is 5.17. The van der Waals surface area contributed by atoms with Crippen LogP contribution in [0, 0.1) is 5.82 Å². The van der Waals surface area contributed by atoms with E-state index in [1.165, 1.54) is 7.11 Å². The number of ether oxygens (including phenoxy) is 1. The van der Waals surface area contributed by atoms with Gasteiger partial charge in [-0.1, -0.05) is 32.9 Å². The van der Waals surface area contributed by atoms with Crippen LogP contribution < -0.4 is 4.74 Å². The summed E-state index contributed by atoms with van der Waals surface area (Å²) in [7, 11) is 1.47. The third-order valence-electron chi connectivity index (χ3n) is 1.64. The van der Waals surface area contributed by atoms with E-state index in [0.717, 1.165) is 0 Å². The van der Waals surface area contributed by atoms with Crippen molar-refractivity contribution in [2.75, 3.05) is 7.11 Å². The lowest BCUT2D eigenvalue weighted by Crippen LogP contribution is -1.92. The molecule has 0 saturated heterocycles. The summed E-state index contributed by atoms with van der Waals surface area (Å²) in [6.45, 7) is 5.91. The molecule has 0 N–H and O–H groups in total. The second-order valence-electron chi connectivity index (χ2n) is 2.29. The maximum Gasteiger partial charge on any atom is 0.168 e. The highest BCUT2D eigenvalue weighted by Crippen LogP contribution is 2.19. The molecule has 0 heterocycles. The molecule has 0 aliphatic heterocycles. The molecule has 0 radical (unpaired) electrons. The highest BCUT2D eigenvalue weighted by molar-refractivity contribution is 5.30. The highest BCUT2D eigenvalue weighted by Gasteiger charge is 2.04. The third-order valence-corrected chi connectivity index (χ3v) is 1.64. The molecular weight excluding hydrogens is 167 g/mol. The molecule has 0 atom stereocenters. The molecule has 74 valence electrons. The largest absolute Gasteiger partial charge is 0.494 e. The van der Waals surface area contributed by atoms with E-state index in [0.29, 0.717) is 17.7 Å². The van der Waals surface area contributed by atoms with Crippen molar-refractivity contribution < 1.29 is 9.13 Å². The first kappa shape index (κ1) is 11.9. The molecule has 0 bridgehead atoms. The lowest BCUT2D eigenvalue weighted by atomic mass is 10.1. The van der Waals surface area contributed by atoms with Crippen molar-refractivity contribution >= 4 is 0 Å². The van der Waals surface area contributed by atoms with Gasteiger partial charge in [-0.3, -0.25) is 0 Å². The molecular formula is C11H17FO. The van der Waals surface area contributed by atoms with Gasteiger partial charge in [-0.25, -0.2) is 4.39 Å². The first-order valence-corrected chi connectivity index (χ1v) is 4.61. The van der Waals surface area contributed by atoms with Gasteiger partial charge < -0.3 is 4.74 Å². The topological polar surface area (TPSA) is 9.23 Å². The monoisotopic (exact) mass is 184 g/mol. The Balaban J connectivity index is 0.000000671. The summed E-state index contributed by atoms with van der Waals surface area (Å²) >= 11 is 0. The molecule has 0 aromatic heterocycles. The number of benzene rings is 1. The summed E-state index contributed by atoms with van der Waals surface area (Å²) < 4.78 is 18.0. The first-order chi connectivity index (χ1) is 6.29. The molecule has 0 aliphatic rings. The molecule has 0 saturated carbocycles. The fourth-order valence-electron chi connectivity index (χ4n) is 0.987. The molecule has 1 nitrogen and oxygen atoms in total. The van der Waals surface area contributed by atoms with Crippen molar-refractivity contribution in [3.63, 3.8) is 0 Å². The molecule has 1 aromatic carbocycles. The number of hydrogen-bond acceptors (Lipinski definition) is 1. The van der Waals surface area contributed by atoms with Crippen LogP contribution >= 0.6 is 0 Å². The normalized spacial score (nSPS) is 8.69. The van der Waals surface area contributed by atoms with Gasteiger partial charge in [0.05, 0.1) is 7.11 Å². The predicted octanol–water partition coefficient (Wildman–Crippen LogP) is 3.42. The van der Waals surface area contributed by atoms with E-state index in [1.54, 1.807) is 18.2 Å². The van der Waals surface area contributed by atoms with Gasteiger partial charge in [-0.05, 0) is 18.1 Å². The summed E-state index contributed by atoms with van der Waals surface area (Å²) in [5, 5.41) is 0. The quantitative estimate of drug-likeness (QED) is 0.684. The smallest absolute Gasteiger partial charge is 0.168 e. The van der Waals surface area contributed by atoms with E-state index in [2.05, 4.69) is 0 Å². The van der Waals surface area contributed by atoms with Gasteiger partial charge in [0.1, 0.15) is 0 Å². The van der Waals surface area contributed by atoms with Crippen LogP contribution in [0.1, 0.15) is 26.3 Å². The zero-order valence-corrected chi connectivity index (χ0v) is 8.73. The van der Waals surface area contributed by atoms with Crippen molar-refractivity contribution in [3.05, 3.63) is 29.6 Å². The van der Waals surface area contributed by atoms with E-state index in [-0.39, 0.29) is 5.82 Å².